The van der Waals surface area contributed by atoms with Gasteiger partial charge in [0.15, 0.2) is 11.8 Å². The number of hydrogen-bond acceptors (Lipinski definition) is 4. The molecule has 0 radical (unpaired) electrons. The second-order valence-electron chi connectivity index (χ2n) is 4.64. The highest BCUT2D eigenvalue weighted by Gasteiger charge is 2.18. The summed E-state index contributed by atoms with van der Waals surface area (Å²) in [5, 5.41) is 10.3. The SMILES string of the molecule is C[C@@H](Oc1nnc2ccccn12)C(=O)Nc1ccccc1F. The Balaban J connectivity index is 1.73. The van der Waals surface area contributed by atoms with Crippen molar-refractivity contribution >= 4 is 17.2 Å². The molecule has 3 aromatic rings. The lowest BCUT2D eigenvalue weighted by molar-refractivity contribution is -0.122. The molecule has 0 spiro atoms. The third-order valence-electron chi connectivity index (χ3n) is 3.07. The molecule has 0 aliphatic rings. The number of ether oxygens (including phenoxy) is 1. The largest absolute Gasteiger partial charge is 0.450 e. The Kier molecular flexibility index (Phi) is 3.69. The fourth-order valence-electron chi connectivity index (χ4n) is 1.91. The maximum absolute atomic E-state index is 13.5. The van der Waals surface area contributed by atoms with Gasteiger partial charge >= 0.3 is 6.01 Å². The molecule has 1 N–H and O–H groups in total. The van der Waals surface area contributed by atoms with E-state index in [1.165, 1.54) is 12.1 Å². The first-order valence-corrected chi connectivity index (χ1v) is 6.67. The molecule has 0 saturated heterocycles. The maximum atomic E-state index is 13.5. The molecule has 2 aromatic heterocycles. The van der Waals surface area contributed by atoms with Crippen molar-refractivity contribution in [3.63, 3.8) is 0 Å². The van der Waals surface area contributed by atoms with Crippen molar-refractivity contribution in [3.05, 3.63) is 54.5 Å². The van der Waals surface area contributed by atoms with E-state index in [0.29, 0.717) is 5.65 Å². The average Bonchev–Trinajstić information content (AvgIpc) is 2.93. The number of carbonyl (C=O) groups excluding carboxylic acids is 1. The Morgan fingerprint density at radius 3 is 2.82 bits per heavy atom. The van der Waals surface area contributed by atoms with Crippen LogP contribution < -0.4 is 10.1 Å². The molecule has 0 saturated carbocycles. The zero-order chi connectivity index (χ0) is 15.5. The molecule has 22 heavy (non-hydrogen) atoms. The Morgan fingerprint density at radius 1 is 1.23 bits per heavy atom. The number of aromatic nitrogens is 3. The number of hydrogen-bond donors (Lipinski definition) is 1. The fourth-order valence-corrected chi connectivity index (χ4v) is 1.91. The molecule has 7 heteroatoms. The summed E-state index contributed by atoms with van der Waals surface area (Å²) in [5.74, 6) is -0.978. The average molecular weight is 300 g/mol. The van der Waals surface area contributed by atoms with Gasteiger partial charge in [0.1, 0.15) is 5.82 Å². The van der Waals surface area contributed by atoms with Gasteiger partial charge in [-0.1, -0.05) is 23.3 Å². The predicted molar refractivity (Wildman–Crippen MR) is 78.1 cm³/mol. The summed E-state index contributed by atoms with van der Waals surface area (Å²) in [5.41, 5.74) is 0.716. The Morgan fingerprint density at radius 2 is 2.00 bits per heavy atom. The van der Waals surface area contributed by atoms with Crippen LogP contribution in [0.25, 0.3) is 5.65 Å². The van der Waals surface area contributed by atoms with E-state index in [0.717, 1.165) is 0 Å². The molecular weight excluding hydrogens is 287 g/mol. The van der Waals surface area contributed by atoms with E-state index >= 15 is 0 Å². The van der Waals surface area contributed by atoms with Crippen LogP contribution >= 0.6 is 0 Å². The van der Waals surface area contributed by atoms with E-state index in [-0.39, 0.29) is 11.7 Å². The van der Waals surface area contributed by atoms with Crippen molar-refractivity contribution in [2.75, 3.05) is 5.32 Å². The number of benzene rings is 1. The van der Waals surface area contributed by atoms with Crippen LogP contribution in [0.2, 0.25) is 0 Å². The van der Waals surface area contributed by atoms with Gasteiger partial charge in [0.25, 0.3) is 5.91 Å². The number of halogens is 1. The monoisotopic (exact) mass is 300 g/mol. The van der Waals surface area contributed by atoms with E-state index in [2.05, 4.69) is 15.5 Å². The third kappa shape index (κ3) is 2.73. The van der Waals surface area contributed by atoms with Crippen LogP contribution in [0.4, 0.5) is 10.1 Å². The lowest BCUT2D eigenvalue weighted by atomic mass is 10.3. The summed E-state index contributed by atoms with van der Waals surface area (Å²) in [6.07, 6.45) is 0.874. The fraction of sp³-hybridized carbons (Fsp3) is 0.133. The molecule has 0 aliphatic heterocycles. The summed E-state index contributed by atoms with van der Waals surface area (Å²) in [4.78, 5) is 12.1. The van der Waals surface area contributed by atoms with Crippen LogP contribution in [-0.2, 0) is 4.79 Å². The normalized spacial score (nSPS) is 12.1. The summed E-state index contributed by atoms with van der Waals surface area (Å²) >= 11 is 0. The molecule has 112 valence electrons. The lowest BCUT2D eigenvalue weighted by Crippen LogP contribution is -2.31. The van der Waals surface area contributed by atoms with E-state index < -0.39 is 17.8 Å². The van der Waals surface area contributed by atoms with Crippen molar-refractivity contribution in [1.82, 2.24) is 14.6 Å². The van der Waals surface area contributed by atoms with Crippen LogP contribution in [0.1, 0.15) is 6.92 Å². The smallest absolute Gasteiger partial charge is 0.322 e. The van der Waals surface area contributed by atoms with Crippen LogP contribution in [0, 0.1) is 5.82 Å². The number of nitrogens with zero attached hydrogens (tertiary/aromatic N) is 3. The number of pyridine rings is 1. The van der Waals surface area contributed by atoms with E-state index in [4.69, 9.17) is 4.74 Å². The second kappa shape index (κ2) is 5.80. The van der Waals surface area contributed by atoms with Crippen molar-refractivity contribution < 1.29 is 13.9 Å². The molecule has 2 heterocycles. The Hall–Kier alpha value is -2.96. The minimum absolute atomic E-state index is 0.106. The molecule has 6 nitrogen and oxygen atoms in total. The van der Waals surface area contributed by atoms with E-state index in [1.54, 1.807) is 41.8 Å². The minimum Gasteiger partial charge on any atom is -0.450 e. The molecular formula is C15H13FN4O2. The number of amides is 1. The van der Waals surface area contributed by atoms with Gasteiger partial charge in [0, 0.05) is 6.20 Å². The first-order valence-electron chi connectivity index (χ1n) is 6.67. The molecule has 0 fully saturated rings. The summed E-state index contributed by atoms with van der Waals surface area (Å²) < 4.78 is 20.6. The van der Waals surface area contributed by atoms with Gasteiger partial charge in [0.2, 0.25) is 0 Å². The standard InChI is InChI=1S/C15H13FN4O2/c1-10(14(21)17-12-7-3-2-6-11(12)16)22-15-19-18-13-8-4-5-9-20(13)15/h2-10H,1H3,(H,17,21)/t10-/m1/s1. The number of anilines is 1. The zero-order valence-electron chi connectivity index (χ0n) is 11.7. The topological polar surface area (TPSA) is 68.5 Å². The highest BCUT2D eigenvalue weighted by Crippen LogP contribution is 2.15. The molecule has 1 atom stereocenters. The quantitative estimate of drug-likeness (QED) is 0.802. The molecule has 0 unspecified atom stereocenters. The highest BCUT2D eigenvalue weighted by molar-refractivity contribution is 5.94. The molecule has 1 amide bonds. The van der Waals surface area contributed by atoms with Crippen molar-refractivity contribution in [2.24, 2.45) is 0 Å². The van der Waals surface area contributed by atoms with E-state index in [9.17, 15) is 9.18 Å². The number of para-hydroxylation sites is 1. The Labute approximate surface area is 125 Å². The molecule has 3 rings (SSSR count). The van der Waals surface area contributed by atoms with Crippen molar-refractivity contribution in [3.8, 4) is 6.01 Å². The number of nitrogens with one attached hydrogen (secondary N) is 1. The van der Waals surface area contributed by atoms with Gasteiger partial charge in [0.05, 0.1) is 5.69 Å². The van der Waals surface area contributed by atoms with Gasteiger partial charge in [-0.15, -0.1) is 5.10 Å². The molecule has 0 bridgehead atoms. The van der Waals surface area contributed by atoms with Gasteiger partial charge in [-0.25, -0.2) is 4.39 Å². The summed E-state index contributed by atoms with van der Waals surface area (Å²) in [7, 11) is 0. The molecule has 0 aliphatic carbocycles. The second-order valence-corrected chi connectivity index (χ2v) is 4.64. The van der Waals surface area contributed by atoms with Gasteiger partial charge in [-0.2, -0.15) is 0 Å². The van der Waals surface area contributed by atoms with Crippen molar-refractivity contribution in [1.29, 1.82) is 0 Å². The van der Waals surface area contributed by atoms with Crippen LogP contribution in [0.3, 0.4) is 0 Å². The third-order valence-corrected chi connectivity index (χ3v) is 3.07. The number of rotatable bonds is 4. The predicted octanol–water partition coefficient (Wildman–Crippen LogP) is 2.27. The highest BCUT2D eigenvalue weighted by atomic mass is 19.1. The van der Waals surface area contributed by atoms with Crippen LogP contribution in [0.5, 0.6) is 6.01 Å². The van der Waals surface area contributed by atoms with Crippen LogP contribution in [-0.4, -0.2) is 26.6 Å². The minimum atomic E-state index is -0.854. The maximum Gasteiger partial charge on any atom is 0.322 e. The number of carbonyl (C=O) groups is 1. The first-order chi connectivity index (χ1) is 10.6. The number of fused-ring (bicyclic) bond motifs is 1. The van der Waals surface area contributed by atoms with Gasteiger partial charge in [-0.3, -0.25) is 9.20 Å². The van der Waals surface area contributed by atoms with E-state index in [1.807, 2.05) is 6.07 Å². The summed E-state index contributed by atoms with van der Waals surface area (Å²) in [6.45, 7) is 1.56. The summed E-state index contributed by atoms with van der Waals surface area (Å²) in [6, 6.07) is 11.5. The van der Waals surface area contributed by atoms with Crippen LogP contribution in [0.15, 0.2) is 48.7 Å². The first kappa shape index (κ1) is 14.0. The lowest BCUT2D eigenvalue weighted by Gasteiger charge is -2.13. The van der Waals surface area contributed by atoms with Gasteiger partial charge in [-0.05, 0) is 31.2 Å². The van der Waals surface area contributed by atoms with Gasteiger partial charge < -0.3 is 10.1 Å². The molecule has 1 aromatic carbocycles. The van der Waals surface area contributed by atoms with Crippen molar-refractivity contribution in [2.45, 2.75) is 13.0 Å². The zero-order valence-corrected chi connectivity index (χ0v) is 11.7. The Bertz CT molecular complexity index is 818.